The van der Waals surface area contributed by atoms with E-state index in [9.17, 15) is 9.59 Å². The fraction of sp³-hybridized carbons (Fsp3) is 0.154. The quantitative estimate of drug-likeness (QED) is 0.279. The number of hydrogen-bond acceptors (Lipinski definition) is 7. The molecule has 0 spiro atoms. The van der Waals surface area contributed by atoms with Crippen LogP contribution in [0.2, 0.25) is 5.02 Å². The Kier molecular flexibility index (Phi) is 7.71. The molecule has 0 fully saturated rings. The van der Waals surface area contributed by atoms with E-state index in [1.807, 2.05) is 0 Å². The van der Waals surface area contributed by atoms with E-state index in [2.05, 4.69) is 21.2 Å². The van der Waals surface area contributed by atoms with E-state index in [4.69, 9.17) is 35.0 Å². The van der Waals surface area contributed by atoms with E-state index in [0.717, 1.165) is 0 Å². The number of para-hydroxylation sites is 1. The number of carbonyl (C=O) groups excluding carboxylic acids is 1. The molecular formula is C26H21BrClNO7. The fourth-order valence-electron chi connectivity index (χ4n) is 3.57. The maximum Gasteiger partial charge on any atom is 0.262 e. The van der Waals surface area contributed by atoms with Crippen LogP contribution in [0, 0.1) is 0 Å². The Labute approximate surface area is 219 Å². The highest BCUT2D eigenvalue weighted by molar-refractivity contribution is 9.10. The fourth-order valence-corrected chi connectivity index (χ4v) is 4.44. The first-order chi connectivity index (χ1) is 17.4. The lowest BCUT2D eigenvalue weighted by atomic mass is 10.1. The molecule has 0 atom stereocenters. The number of hydrogen-bond donors (Lipinski definition) is 1. The largest absolute Gasteiger partial charge is 0.495 e. The summed E-state index contributed by atoms with van der Waals surface area (Å²) < 4.78 is 28.3. The molecule has 1 N–H and O–H groups in total. The van der Waals surface area contributed by atoms with Gasteiger partial charge in [-0.15, -0.1) is 0 Å². The third kappa shape index (κ3) is 5.12. The van der Waals surface area contributed by atoms with Crippen molar-refractivity contribution in [2.75, 3.05) is 33.3 Å². The number of rotatable bonds is 8. The summed E-state index contributed by atoms with van der Waals surface area (Å²) in [4.78, 5) is 26.0. The van der Waals surface area contributed by atoms with E-state index in [1.54, 1.807) is 54.6 Å². The minimum absolute atomic E-state index is 0.115. The maximum absolute atomic E-state index is 13.4. The Morgan fingerprint density at radius 2 is 1.72 bits per heavy atom. The lowest BCUT2D eigenvalue weighted by molar-refractivity contribution is -0.118. The van der Waals surface area contributed by atoms with Gasteiger partial charge in [0.05, 0.1) is 36.2 Å². The summed E-state index contributed by atoms with van der Waals surface area (Å²) in [6.45, 7) is -0.450. The molecule has 1 amide bonds. The van der Waals surface area contributed by atoms with Gasteiger partial charge in [-0.05, 0) is 58.4 Å². The third-order valence-electron chi connectivity index (χ3n) is 5.24. The molecule has 4 rings (SSSR count). The number of methoxy groups -OCH3 is 3. The second-order valence-corrected chi connectivity index (χ2v) is 8.73. The van der Waals surface area contributed by atoms with Crippen molar-refractivity contribution in [1.29, 1.82) is 0 Å². The van der Waals surface area contributed by atoms with E-state index in [-0.39, 0.29) is 11.5 Å². The molecule has 0 radical (unpaired) electrons. The first-order valence-electron chi connectivity index (χ1n) is 10.6. The summed E-state index contributed by atoms with van der Waals surface area (Å²) in [5.41, 5.74) is 0.884. The molecule has 10 heteroatoms. The zero-order valence-corrected chi connectivity index (χ0v) is 21.9. The van der Waals surface area contributed by atoms with Crippen molar-refractivity contribution in [3.8, 4) is 34.3 Å². The molecular weight excluding hydrogens is 554 g/mol. The minimum Gasteiger partial charge on any atom is -0.495 e. The first-order valence-corrected chi connectivity index (χ1v) is 11.8. The van der Waals surface area contributed by atoms with Crippen LogP contribution in [0.3, 0.4) is 0 Å². The number of halogens is 2. The van der Waals surface area contributed by atoms with Crippen LogP contribution in [-0.2, 0) is 4.79 Å². The van der Waals surface area contributed by atoms with Crippen LogP contribution in [-0.4, -0.2) is 33.8 Å². The van der Waals surface area contributed by atoms with Gasteiger partial charge in [0, 0.05) is 11.3 Å². The van der Waals surface area contributed by atoms with Crippen LogP contribution in [0.25, 0.3) is 22.3 Å². The Bertz CT molecular complexity index is 1500. The lowest BCUT2D eigenvalue weighted by Gasteiger charge is -2.15. The Morgan fingerprint density at radius 3 is 2.42 bits per heavy atom. The number of carbonyl (C=O) groups is 1. The smallest absolute Gasteiger partial charge is 0.262 e. The molecule has 36 heavy (non-hydrogen) atoms. The summed E-state index contributed by atoms with van der Waals surface area (Å²) in [6, 6.07) is 15.0. The molecule has 0 unspecified atom stereocenters. The van der Waals surface area contributed by atoms with Crippen molar-refractivity contribution in [3.63, 3.8) is 0 Å². The van der Waals surface area contributed by atoms with E-state index >= 15 is 0 Å². The van der Waals surface area contributed by atoms with Crippen molar-refractivity contribution in [2.45, 2.75) is 0 Å². The van der Waals surface area contributed by atoms with Crippen molar-refractivity contribution in [3.05, 3.63) is 74.3 Å². The van der Waals surface area contributed by atoms with Crippen molar-refractivity contribution < 1.29 is 28.2 Å². The minimum atomic E-state index is -0.497. The van der Waals surface area contributed by atoms with E-state index < -0.39 is 17.9 Å². The summed E-state index contributed by atoms with van der Waals surface area (Å²) in [5.74, 6) is 0.896. The average molecular weight is 575 g/mol. The van der Waals surface area contributed by atoms with Crippen LogP contribution >= 0.6 is 27.5 Å². The summed E-state index contributed by atoms with van der Waals surface area (Å²) in [6.07, 6.45) is 0. The zero-order valence-electron chi connectivity index (χ0n) is 19.5. The van der Waals surface area contributed by atoms with Crippen molar-refractivity contribution in [2.24, 2.45) is 0 Å². The SMILES string of the molecule is COc1ccc(NC(=O)COc2c(-c3cc(Br)c(OC)c(OC)c3)oc3ccccc3c2=O)cc1Cl. The Balaban J connectivity index is 1.70. The average Bonchev–Trinajstić information content (AvgIpc) is 2.87. The van der Waals surface area contributed by atoms with Crippen molar-refractivity contribution >= 4 is 50.1 Å². The van der Waals surface area contributed by atoms with Crippen LogP contribution in [0.1, 0.15) is 0 Å². The second kappa shape index (κ2) is 10.9. The van der Waals surface area contributed by atoms with Crippen LogP contribution in [0.4, 0.5) is 5.69 Å². The molecule has 0 saturated heterocycles. The Morgan fingerprint density at radius 1 is 0.972 bits per heavy atom. The van der Waals surface area contributed by atoms with Gasteiger partial charge >= 0.3 is 0 Å². The van der Waals surface area contributed by atoms with Crippen LogP contribution in [0.15, 0.2) is 68.3 Å². The van der Waals surface area contributed by atoms with Crippen LogP contribution < -0.4 is 29.7 Å². The number of ether oxygens (including phenoxy) is 4. The maximum atomic E-state index is 13.4. The van der Waals surface area contributed by atoms with Crippen molar-refractivity contribution in [1.82, 2.24) is 0 Å². The first kappa shape index (κ1) is 25.4. The molecule has 0 aliphatic rings. The molecule has 0 bridgehead atoms. The predicted molar refractivity (Wildman–Crippen MR) is 141 cm³/mol. The van der Waals surface area contributed by atoms with E-state index in [0.29, 0.717) is 49.0 Å². The summed E-state index contributed by atoms with van der Waals surface area (Å²) >= 11 is 9.58. The van der Waals surface area contributed by atoms with Gasteiger partial charge in [-0.3, -0.25) is 9.59 Å². The van der Waals surface area contributed by atoms with Gasteiger partial charge in [0.15, 0.2) is 23.9 Å². The van der Waals surface area contributed by atoms with Gasteiger partial charge in [-0.25, -0.2) is 0 Å². The predicted octanol–water partition coefficient (Wildman–Crippen LogP) is 5.92. The highest BCUT2D eigenvalue weighted by atomic mass is 79.9. The monoisotopic (exact) mass is 573 g/mol. The normalized spacial score (nSPS) is 10.7. The number of nitrogens with one attached hydrogen (secondary N) is 1. The number of amides is 1. The van der Waals surface area contributed by atoms with Crippen LogP contribution in [0.5, 0.6) is 23.0 Å². The highest BCUT2D eigenvalue weighted by Crippen LogP contribution is 2.41. The molecule has 186 valence electrons. The van der Waals surface area contributed by atoms with E-state index in [1.165, 1.54) is 21.3 Å². The topological polar surface area (TPSA) is 96.2 Å². The summed E-state index contributed by atoms with van der Waals surface area (Å²) in [7, 11) is 4.51. The number of benzene rings is 3. The summed E-state index contributed by atoms with van der Waals surface area (Å²) in [5, 5.41) is 3.34. The van der Waals surface area contributed by atoms with Gasteiger partial charge in [0.25, 0.3) is 5.91 Å². The third-order valence-corrected chi connectivity index (χ3v) is 6.12. The zero-order chi connectivity index (χ0) is 25.8. The van der Waals surface area contributed by atoms with Gasteiger partial charge in [-0.2, -0.15) is 0 Å². The molecule has 1 aromatic heterocycles. The molecule has 3 aromatic carbocycles. The highest BCUT2D eigenvalue weighted by Gasteiger charge is 2.22. The molecule has 8 nitrogen and oxygen atoms in total. The van der Waals surface area contributed by atoms with Gasteiger partial charge in [-0.1, -0.05) is 23.7 Å². The molecule has 0 aliphatic carbocycles. The van der Waals surface area contributed by atoms with Gasteiger partial charge in [0.2, 0.25) is 11.2 Å². The second-order valence-electron chi connectivity index (χ2n) is 7.47. The molecule has 1 heterocycles. The molecule has 0 saturated carbocycles. The molecule has 0 aliphatic heterocycles. The Hall–Kier alpha value is -3.69. The number of fused-ring (bicyclic) bond motifs is 1. The molecule has 4 aromatic rings. The van der Waals surface area contributed by atoms with Gasteiger partial charge < -0.3 is 28.7 Å². The number of anilines is 1. The lowest BCUT2D eigenvalue weighted by Crippen LogP contribution is -2.22. The van der Waals surface area contributed by atoms with Gasteiger partial charge in [0.1, 0.15) is 11.3 Å². The standard InChI is InChI=1S/C26H21BrClNO7/c1-32-20-9-8-15(12-18(20)28)29-22(30)13-35-26-23(31)16-6-4-5-7-19(16)36-24(26)14-10-17(27)25(34-3)21(11-14)33-2/h4-12H,13H2,1-3H3,(H,29,30).